The van der Waals surface area contributed by atoms with Crippen molar-refractivity contribution in [1.82, 2.24) is 15.0 Å². The summed E-state index contributed by atoms with van der Waals surface area (Å²) in [7, 11) is 0. The van der Waals surface area contributed by atoms with E-state index >= 15 is 0 Å². The van der Waals surface area contributed by atoms with Crippen molar-refractivity contribution < 1.29 is 9.53 Å². The number of carbonyl (C=O) groups excluding carboxylic acids is 1. The maximum absolute atomic E-state index is 11.2. The van der Waals surface area contributed by atoms with Gasteiger partial charge in [0.25, 0.3) is 0 Å². The Labute approximate surface area is 113 Å². The van der Waals surface area contributed by atoms with Crippen molar-refractivity contribution in [3.63, 3.8) is 0 Å². The molecular formula is C13H22N4O2. The Kier molecular flexibility index (Phi) is 4.52. The minimum Gasteiger partial charge on any atom is -0.381 e. The van der Waals surface area contributed by atoms with Gasteiger partial charge < -0.3 is 10.5 Å². The Morgan fingerprint density at radius 1 is 1.47 bits per heavy atom. The van der Waals surface area contributed by atoms with Gasteiger partial charge >= 0.3 is 0 Å². The van der Waals surface area contributed by atoms with E-state index in [0.29, 0.717) is 11.8 Å². The summed E-state index contributed by atoms with van der Waals surface area (Å²) >= 11 is 0. The second kappa shape index (κ2) is 6.14. The van der Waals surface area contributed by atoms with Crippen LogP contribution in [0, 0.1) is 5.92 Å². The standard InChI is InChI=1S/C13H22N4O2/c1-9(2)8-17-13(10-3-5-19-6-4-10)11(15-16-17)7-12(14)18/h9-10H,3-8H2,1-2H3,(H2,14,18). The summed E-state index contributed by atoms with van der Waals surface area (Å²) in [6, 6.07) is 0. The van der Waals surface area contributed by atoms with E-state index in [2.05, 4.69) is 24.2 Å². The average Bonchev–Trinajstić information content (AvgIpc) is 2.71. The Balaban J connectivity index is 2.27. The molecule has 0 bridgehead atoms. The molecule has 0 atom stereocenters. The number of hydrogen-bond acceptors (Lipinski definition) is 4. The zero-order valence-electron chi connectivity index (χ0n) is 11.6. The highest BCUT2D eigenvalue weighted by atomic mass is 16.5. The Bertz CT molecular complexity index is 436. The molecule has 6 nitrogen and oxygen atoms in total. The highest BCUT2D eigenvalue weighted by molar-refractivity contribution is 5.76. The Morgan fingerprint density at radius 2 is 2.16 bits per heavy atom. The van der Waals surface area contributed by atoms with Crippen LogP contribution in [0.1, 0.15) is 44.0 Å². The highest BCUT2D eigenvalue weighted by Crippen LogP contribution is 2.29. The van der Waals surface area contributed by atoms with Gasteiger partial charge in [0.05, 0.1) is 17.8 Å². The molecule has 1 aromatic heterocycles. The quantitative estimate of drug-likeness (QED) is 0.856. The molecule has 1 saturated heterocycles. The van der Waals surface area contributed by atoms with Gasteiger partial charge in [-0.2, -0.15) is 0 Å². The molecule has 0 aromatic carbocycles. The number of primary amides is 1. The Hall–Kier alpha value is -1.43. The lowest BCUT2D eigenvalue weighted by Gasteiger charge is -2.23. The van der Waals surface area contributed by atoms with Crippen LogP contribution in [0.15, 0.2) is 0 Å². The fourth-order valence-corrected chi connectivity index (χ4v) is 2.55. The van der Waals surface area contributed by atoms with Gasteiger partial charge in [-0.25, -0.2) is 4.68 Å². The molecule has 0 spiro atoms. The third-order valence-corrected chi connectivity index (χ3v) is 3.33. The van der Waals surface area contributed by atoms with Gasteiger partial charge in [0.1, 0.15) is 0 Å². The number of rotatable bonds is 5. The van der Waals surface area contributed by atoms with Crippen molar-refractivity contribution >= 4 is 5.91 Å². The fraction of sp³-hybridized carbons (Fsp3) is 0.769. The summed E-state index contributed by atoms with van der Waals surface area (Å²) in [5, 5.41) is 8.36. The van der Waals surface area contributed by atoms with E-state index in [9.17, 15) is 4.79 Å². The summed E-state index contributed by atoms with van der Waals surface area (Å²) < 4.78 is 7.34. The first-order valence-corrected chi connectivity index (χ1v) is 6.86. The van der Waals surface area contributed by atoms with Gasteiger partial charge in [-0.1, -0.05) is 19.1 Å². The number of hydrogen-bond donors (Lipinski definition) is 1. The molecule has 0 saturated carbocycles. The van der Waals surface area contributed by atoms with Crippen LogP contribution in [-0.2, 0) is 22.5 Å². The molecule has 0 unspecified atom stereocenters. The molecular weight excluding hydrogens is 244 g/mol. The molecule has 6 heteroatoms. The van der Waals surface area contributed by atoms with Crippen LogP contribution in [0.5, 0.6) is 0 Å². The summed E-state index contributed by atoms with van der Waals surface area (Å²) in [5.41, 5.74) is 7.11. The minimum absolute atomic E-state index is 0.171. The third-order valence-electron chi connectivity index (χ3n) is 3.33. The molecule has 2 heterocycles. The lowest BCUT2D eigenvalue weighted by Crippen LogP contribution is -2.22. The second-order valence-electron chi connectivity index (χ2n) is 5.53. The first-order valence-electron chi connectivity index (χ1n) is 6.86. The molecule has 2 rings (SSSR count). The normalized spacial score (nSPS) is 17.0. The first kappa shape index (κ1) is 14.0. The van der Waals surface area contributed by atoms with E-state index in [1.165, 1.54) is 0 Å². The maximum Gasteiger partial charge on any atom is 0.223 e. The predicted molar refractivity (Wildman–Crippen MR) is 70.6 cm³/mol. The SMILES string of the molecule is CC(C)Cn1nnc(CC(N)=O)c1C1CCOCC1. The summed E-state index contributed by atoms with van der Waals surface area (Å²) in [5.74, 6) is 0.503. The lowest BCUT2D eigenvalue weighted by molar-refractivity contribution is -0.117. The summed E-state index contributed by atoms with van der Waals surface area (Å²) in [6.07, 6.45) is 2.08. The van der Waals surface area contributed by atoms with E-state index in [1.54, 1.807) is 0 Å². The Morgan fingerprint density at radius 3 is 2.74 bits per heavy atom. The van der Waals surface area contributed by atoms with E-state index in [0.717, 1.165) is 44.0 Å². The zero-order chi connectivity index (χ0) is 13.8. The van der Waals surface area contributed by atoms with Crippen molar-refractivity contribution in [1.29, 1.82) is 0 Å². The maximum atomic E-state index is 11.2. The van der Waals surface area contributed by atoms with Gasteiger partial charge in [-0.05, 0) is 18.8 Å². The summed E-state index contributed by atoms with van der Waals surface area (Å²) in [6.45, 7) is 6.62. The van der Waals surface area contributed by atoms with Crippen LogP contribution in [0.4, 0.5) is 0 Å². The monoisotopic (exact) mass is 266 g/mol. The molecule has 19 heavy (non-hydrogen) atoms. The van der Waals surface area contributed by atoms with Crippen LogP contribution in [0.25, 0.3) is 0 Å². The molecule has 1 amide bonds. The lowest BCUT2D eigenvalue weighted by atomic mass is 9.93. The van der Waals surface area contributed by atoms with Crippen LogP contribution < -0.4 is 5.73 Å². The van der Waals surface area contributed by atoms with Crippen molar-refractivity contribution in [3.8, 4) is 0 Å². The molecule has 0 aliphatic carbocycles. The smallest absolute Gasteiger partial charge is 0.223 e. The molecule has 1 aliphatic rings. The van der Waals surface area contributed by atoms with Crippen LogP contribution in [0.3, 0.4) is 0 Å². The number of amides is 1. The van der Waals surface area contributed by atoms with E-state index in [4.69, 9.17) is 10.5 Å². The molecule has 0 radical (unpaired) electrons. The molecule has 106 valence electrons. The number of nitrogens with zero attached hydrogens (tertiary/aromatic N) is 3. The van der Waals surface area contributed by atoms with Crippen molar-refractivity contribution in [2.75, 3.05) is 13.2 Å². The fourth-order valence-electron chi connectivity index (χ4n) is 2.55. The molecule has 2 N–H and O–H groups in total. The van der Waals surface area contributed by atoms with Gasteiger partial charge in [0, 0.05) is 25.7 Å². The largest absolute Gasteiger partial charge is 0.381 e. The second-order valence-corrected chi connectivity index (χ2v) is 5.53. The van der Waals surface area contributed by atoms with E-state index < -0.39 is 0 Å². The van der Waals surface area contributed by atoms with Crippen LogP contribution in [-0.4, -0.2) is 34.1 Å². The van der Waals surface area contributed by atoms with Crippen LogP contribution in [0.2, 0.25) is 0 Å². The number of ether oxygens (including phenoxy) is 1. The van der Waals surface area contributed by atoms with Crippen LogP contribution >= 0.6 is 0 Å². The average molecular weight is 266 g/mol. The predicted octanol–water partition coefficient (Wildman–Crippen LogP) is 0.856. The molecule has 1 aliphatic heterocycles. The topological polar surface area (TPSA) is 83.0 Å². The van der Waals surface area contributed by atoms with Gasteiger partial charge in [-0.3, -0.25) is 4.79 Å². The first-order chi connectivity index (χ1) is 9.08. The minimum atomic E-state index is -0.357. The number of aromatic nitrogens is 3. The highest BCUT2D eigenvalue weighted by Gasteiger charge is 2.25. The van der Waals surface area contributed by atoms with E-state index in [1.807, 2.05) is 4.68 Å². The number of carbonyl (C=O) groups is 1. The summed E-state index contributed by atoms with van der Waals surface area (Å²) in [4.78, 5) is 11.2. The van der Waals surface area contributed by atoms with Crippen molar-refractivity contribution in [3.05, 3.63) is 11.4 Å². The van der Waals surface area contributed by atoms with Gasteiger partial charge in [0.2, 0.25) is 5.91 Å². The third kappa shape index (κ3) is 3.53. The number of nitrogens with two attached hydrogens (primary N) is 1. The van der Waals surface area contributed by atoms with Crippen molar-refractivity contribution in [2.24, 2.45) is 11.7 Å². The molecule has 1 aromatic rings. The van der Waals surface area contributed by atoms with Gasteiger partial charge in [-0.15, -0.1) is 5.10 Å². The van der Waals surface area contributed by atoms with Crippen molar-refractivity contribution in [2.45, 2.75) is 45.6 Å². The van der Waals surface area contributed by atoms with Gasteiger partial charge in [0.15, 0.2) is 0 Å². The zero-order valence-corrected chi connectivity index (χ0v) is 11.6. The van der Waals surface area contributed by atoms with E-state index in [-0.39, 0.29) is 12.3 Å². The molecule has 1 fully saturated rings.